The van der Waals surface area contributed by atoms with Gasteiger partial charge in [-0.15, -0.1) is 0 Å². The Hall–Kier alpha value is -2.10. The first-order valence-corrected chi connectivity index (χ1v) is 7.51. The smallest absolute Gasteiger partial charge is 0.251 e. The summed E-state index contributed by atoms with van der Waals surface area (Å²) in [5, 5.41) is 2.98. The van der Waals surface area contributed by atoms with Crippen LogP contribution in [0.1, 0.15) is 46.1 Å². The highest BCUT2D eigenvalue weighted by atomic mass is 16.1. The molecule has 1 aliphatic rings. The number of amides is 1. The number of hydrogen-bond donors (Lipinski definition) is 1. The minimum atomic E-state index is -0.00816. The zero-order chi connectivity index (χ0) is 14.8. The molecule has 2 aromatic rings. The van der Waals surface area contributed by atoms with Gasteiger partial charge in [-0.2, -0.15) is 0 Å². The number of rotatable bonds is 5. The SMILES string of the molecule is Cc1ccc(C(=O)NCCn2ccnc2C2CC2)cc1C. The molecule has 4 heteroatoms. The molecule has 1 heterocycles. The largest absolute Gasteiger partial charge is 0.350 e. The van der Waals surface area contributed by atoms with Gasteiger partial charge in [-0.3, -0.25) is 4.79 Å². The van der Waals surface area contributed by atoms with Crippen molar-refractivity contribution >= 4 is 5.91 Å². The van der Waals surface area contributed by atoms with Crippen molar-refractivity contribution in [3.8, 4) is 0 Å². The highest BCUT2D eigenvalue weighted by molar-refractivity contribution is 5.94. The zero-order valence-electron chi connectivity index (χ0n) is 12.6. The Bertz CT molecular complexity index is 656. The molecule has 1 aromatic carbocycles. The minimum Gasteiger partial charge on any atom is -0.350 e. The van der Waals surface area contributed by atoms with E-state index in [4.69, 9.17) is 0 Å². The van der Waals surface area contributed by atoms with Crippen LogP contribution in [-0.4, -0.2) is 22.0 Å². The molecule has 0 saturated heterocycles. The first-order chi connectivity index (χ1) is 10.1. The van der Waals surface area contributed by atoms with E-state index in [1.54, 1.807) is 0 Å². The number of imidazole rings is 1. The van der Waals surface area contributed by atoms with Crippen LogP contribution in [0.5, 0.6) is 0 Å². The molecule has 0 aliphatic heterocycles. The molecule has 3 rings (SSSR count). The molecule has 1 saturated carbocycles. The summed E-state index contributed by atoms with van der Waals surface area (Å²) in [4.78, 5) is 16.5. The van der Waals surface area contributed by atoms with Gasteiger partial charge in [-0.1, -0.05) is 6.07 Å². The number of carbonyl (C=O) groups is 1. The van der Waals surface area contributed by atoms with Crippen molar-refractivity contribution in [1.82, 2.24) is 14.9 Å². The molecule has 0 spiro atoms. The van der Waals surface area contributed by atoms with Crippen LogP contribution in [0.3, 0.4) is 0 Å². The zero-order valence-corrected chi connectivity index (χ0v) is 12.6. The second-order valence-electron chi connectivity index (χ2n) is 5.81. The molecule has 1 amide bonds. The second kappa shape index (κ2) is 5.72. The van der Waals surface area contributed by atoms with Gasteiger partial charge in [0.1, 0.15) is 5.82 Å². The molecule has 1 fully saturated rings. The lowest BCUT2D eigenvalue weighted by molar-refractivity contribution is 0.0952. The van der Waals surface area contributed by atoms with E-state index in [2.05, 4.69) is 21.8 Å². The number of aryl methyl sites for hydroxylation is 2. The fraction of sp³-hybridized carbons (Fsp3) is 0.412. The highest BCUT2D eigenvalue weighted by Gasteiger charge is 2.27. The summed E-state index contributed by atoms with van der Waals surface area (Å²) in [5.41, 5.74) is 3.08. The molecule has 1 aliphatic carbocycles. The van der Waals surface area contributed by atoms with E-state index in [0.29, 0.717) is 12.5 Å². The van der Waals surface area contributed by atoms with Crippen LogP contribution in [0.4, 0.5) is 0 Å². The van der Waals surface area contributed by atoms with Gasteiger partial charge in [0.05, 0.1) is 0 Å². The lowest BCUT2D eigenvalue weighted by atomic mass is 10.1. The predicted molar refractivity (Wildman–Crippen MR) is 82.5 cm³/mol. The van der Waals surface area contributed by atoms with Crippen molar-refractivity contribution in [2.75, 3.05) is 6.54 Å². The third-order valence-corrected chi connectivity index (χ3v) is 4.10. The summed E-state index contributed by atoms with van der Waals surface area (Å²) >= 11 is 0. The maximum absolute atomic E-state index is 12.1. The number of nitrogens with zero attached hydrogens (tertiary/aromatic N) is 2. The lowest BCUT2D eigenvalue weighted by Gasteiger charge is -2.09. The van der Waals surface area contributed by atoms with Crippen molar-refractivity contribution in [2.45, 2.75) is 39.2 Å². The van der Waals surface area contributed by atoms with Gasteiger partial charge in [-0.25, -0.2) is 4.98 Å². The molecular formula is C17H21N3O. The molecule has 110 valence electrons. The Morgan fingerprint density at radius 2 is 2.14 bits per heavy atom. The molecule has 21 heavy (non-hydrogen) atoms. The van der Waals surface area contributed by atoms with Crippen molar-refractivity contribution < 1.29 is 4.79 Å². The highest BCUT2D eigenvalue weighted by Crippen LogP contribution is 2.38. The molecular weight excluding hydrogens is 262 g/mol. The quantitative estimate of drug-likeness (QED) is 0.917. The molecule has 1 aromatic heterocycles. The van der Waals surface area contributed by atoms with E-state index in [1.807, 2.05) is 37.5 Å². The minimum absolute atomic E-state index is 0.00816. The van der Waals surface area contributed by atoms with E-state index in [1.165, 1.54) is 18.4 Å². The summed E-state index contributed by atoms with van der Waals surface area (Å²) in [6.07, 6.45) is 6.33. The van der Waals surface area contributed by atoms with Gasteiger partial charge in [0, 0.05) is 37.0 Å². The average molecular weight is 283 g/mol. The summed E-state index contributed by atoms with van der Waals surface area (Å²) in [6.45, 7) is 5.49. The van der Waals surface area contributed by atoms with Crippen LogP contribution >= 0.6 is 0 Å². The molecule has 1 N–H and O–H groups in total. The van der Waals surface area contributed by atoms with E-state index in [0.717, 1.165) is 23.5 Å². The maximum Gasteiger partial charge on any atom is 0.251 e. The number of carbonyl (C=O) groups excluding carboxylic acids is 1. The summed E-state index contributed by atoms with van der Waals surface area (Å²) in [5.74, 6) is 1.79. The van der Waals surface area contributed by atoms with E-state index in [-0.39, 0.29) is 5.91 Å². The first-order valence-electron chi connectivity index (χ1n) is 7.51. The number of hydrogen-bond acceptors (Lipinski definition) is 2. The van der Waals surface area contributed by atoms with Crippen LogP contribution in [-0.2, 0) is 6.54 Å². The van der Waals surface area contributed by atoms with Gasteiger partial charge < -0.3 is 9.88 Å². The Labute approximate surface area is 125 Å². The molecule has 0 unspecified atom stereocenters. The van der Waals surface area contributed by atoms with Crippen LogP contribution in [0.2, 0.25) is 0 Å². The van der Waals surface area contributed by atoms with Crippen molar-refractivity contribution in [2.24, 2.45) is 0 Å². The van der Waals surface area contributed by atoms with E-state index < -0.39 is 0 Å². The maximum atomic E-state index is 12.1. The Balaban J connectivity index is 1.56. The topological polar surface area (TPSA) is 46.9 Å². The number of benzene rings is 1. The Morgan fingerprint density at radius 1 is 1.33 bits per heavy atom. The van der Waals surface area contributed by atoms with Gasteiger partial charge in [-0.05, 0) is 49.9 Å². The molecule has 0 radical (unpaired) electrons. The normalized spacial score (nSPS) is 14.2. The summed E-state index contributed by atoms with van der Waals surface area (Å²) < 4.78 is 2.15. The Kier molecular flexibility index (Phi) is 3.78. The summed E-state index contributed by atoms with van der Waals surface area (Å²) in [6, 6.07) is 5.81. The van der Waals surface area contributed by atoms with Gasteiger partial charge in [0.25, 0.3) is 5.91 Å². The fourth-order valence-electron chi connectivity index (χ4n) is 2.49. The van der Waals surface area contributed by atoms with Crippen LogP contribution in [0.25, 0.3) is 0 Å². The van der Waals surface area contributed by atoms with Crippen molar-refractivity contribution in [3.05, 3.63) is 53.1 Å². The number of aromatic nitrogens is 2. The monoisotopic (exact) mass is 283 g/mol. The standard InChI is InChI=1S/C17H21N3O/c1-12-3-4-15(11-13(12)2)17(21)19-8-10-20-9-7-18-16(20)14-5-6-14/h3-4,7,9,11,14H,5-6,8,10H2,1-2H3,(H,19,21). The van der Waals surface area contributed by atoms with E-state index in [9.17, 15) is 4.79 Å². The van der Waals surface area contributed by atoms with Crippen molar-refractivity contribution in [1.29, 1.82) is 0 Å². The van der Waals surface area contributed by atoms with Gasteiger partial charge in [0.15, 0.2) is 0 Å². The average Bonchev–Trinajstić information content (AvgIpc) is 3.21. The third-order valence-electron chi connectivity index (χ3n) is 4.10. The molecule has 0 atom stereocenters. The molecule has 0 bridgehead atoms. The van der Waals surface area contributed by atoms with Crippen molar-refractivity contribution in [3.63, 3.8) is 0 Å². The lowest BCUT2D eigenvalue weighted by Crippen LogP contribution is -2.27. The fourth-order valence-corrected chi connectivity index (χ4v) is 2.49. The van der Waals surface area contributed by atoms with Crippen LogP contribution < -0.4 is 5.32 Å². The Morgan fingerprint density at radius 3 is 2.86 bits per heavy atom. The van der Waals surface area contributed by atoms with Gasteiger partial charge in [0.2, 0.25) is 0 Å². The van der Waals surface area contributed by atoms with Crippen LogP contribution in [0, 0.1) is 13.8 Å². The summed E-state index contributed by atoms with van der Waals surface area (Å²) in [7, 11) is 0. The third kappa shape index (κ3) is 3.15. The first kappa shape index (κ1) is 13.9. The predicted octanol–water partition coefficient (Wildman–Crippen LogP) is 2.81. The van der Waals surface area contributed by atoms with Gasteiger partial charge >= 0.3 is 0 Å². The second-order valence-corrected chi connectivity index (χ2v) is 5.81. The van der Waals surface area contributed by atoms with E-state index >= 15 is 0 Å². The van der Waals surface area contributed by atoms with Crippen LogP contribution in [0.15, 0.2) is 30.6 Å². The molecule has 4 nitrogen and oxygen atoms in total. The number of nitrogens with one attached hydrogen (secondary N) is 1.